The van der Waals surface area contributed by atoms with Crippen LogP contribution in [0.5, 0.6) is 0 Å². The van der Waals surface area contributed by atoms with E-state index in [0.29, 0.717) is 11.3 Å². The predicted octanol–water partition coefficient (Wildman–Crippen LogP) is 2.22. The van der Waals surface area contributed by atoms with Crippen molar-refractivity contribution in [3.8, 4) is 6.07 Å². The summed E-state index contributed by atoms with van der Waals surface area (Å²) in [5.41, 5.74) is -0.00310. The molecule has 1 aliphatic rings. The van der Waals surface area contributed by atoms with Crippen LogP contribution in [0.3, 0.4) is 0 Å². The molecule has 1 unspecified atom stereocenters. The van der Waals surface area contributed by atoms with Gasteiger partial charge in [0.15, 0.2) is 0 Å². The normalized spacial score (nSPS) is 18.1. The lowest BCUT2D eigenvalue weighted by molar-refractivity contribution is -0.0190. The Morgan fingerprint density at radius 3 is 2.72 bits per heavy atom. The average molecular weight is 267 g/mol. The third-order valence-corrected chi connectivity index (χ3v) is 2.41. The molecule has 6 nitrogen and oxygen atoms in total. The molecule has 0 aliphatic carbocycles. The van der Waals surface area contributed by atoms with Crippen LogP contribution in [-0.2, 0) is 9.47 Å². The van der Waals surface area contributed by atoms with Crippen LogP contribution in [0.25, 0.3) is 0 Å². The summed E-state index contributed by atoms with van der Waals surface area (Å²) < 4.78 is 9.36. The first kappa shape index (κ1) is 12.2. The van der Waals surface area contributed by atoms with Crippen molar-refractivity contribution in [3.05, 3.63) is 29.8 Å². The lowest BCUT2D eigenvalue weighted by Gasteiger charge is -2.12. The van der Waals surface area contributed by atoms with Crippen LogP contribution in [0.1, 0.15) is 5.56 Å². The molecule has 18 heavy (non-hydrogen) atoms. The monoisotopic (exact) mass is 266 g/mol. The second-order valence-corrected chi connectivity index (χ2v) is 3.75. The fourth-order valence-electron chi connectivity index (χ4n) is 1.53. The van der Waals surface area contributed by atoms with Gasteiger partial charge in [0.1, 0.15) is 6.54 Å². The maximum Gasteiger partial charge on any atom is 0.417 e. The van der Waals surface area contributed by atoms with Crippen molar-refractivity contribution in [2.24, 2.45) is 0 Å². The topological polar surface area (TPSA) is 79.6 Å². The van der Waals surface area contributed by atoms with Gasteiger partial charge in [-0.2, -0.15) is 5.26 Å². The zero-order valence-electron chi connectivity index (χ0n) is 9.00. The van der Waals surface area contributed by atoms with E-state index >= 15 is 0 Å². The van der Waals surface area contributed by atoms with E-state index in [1.807, 2.05) is 6.07 Å². The number of carbonyl (C=O) groups is 2. The molecule has 0 N–H and O–H groups in total. The van der Waals surface area contributed by atoms with Crippen LogP contribution in [0.2, 0.25) is 0 Å². The summed E-state index contributed by atoms with van der Waals surface area (Å²) in [5.74, 6) is 0. The number of carbonyl (C=O) groups excluding carboxylic acids is 2. The van der Waals surface area contributed by atoms with Gasteiger partial charge >= 0.3 is 11.5 Å². The number of ether oxygens (including phenoxy) is 2. The molecule has 1 aliphatic heterocycles. The minimum absolute atomic E-state index is 0.0587. The molecule has 7 heteroatoms. The third kappa shape index (κ3) is 2.52. The lowest BCUT2D eigenvalue weighted by atomic mass is 10.2. The van der Waals surface area contributed by atoms with Crippen LogP contribution in [0.4, 0.5) is 15.3 Å². The predicted molar refractivity (Wildman–Crippen MR) is 61.1 cm³/mol. The Kier molecular flexibility index (Phi) is 3.35. The molecule has 1 heterocycles. The highest BCUT2D eigenvalue weighted by Gasteiger charge is 2.34. The number of anilines is 1. The zero-order chi connectivity index (χ0) is 13.1. The molecule has 92 valence electrons. The van der Waals surface area contributed by atoms with E-state index in [4.69, 9.17) is 21.6 Å². The maximum absolute atomic E-state index is 11.5. The van der Waals surface area contributed by atoms with Gasteiger partial charge < -0.3 is 9.47 Å². The number of cyclic esters (lactones) is 1. The number of nitriles is 1. The Balaban J connectivity index is 2.11. The summed E-state index contributed by atoms with van der Waals surface area (Å²) in [4.78, 5) is 23.3. The van der Waals surface area contributed by atoms with Crippen LogP contribution in [0.15, 0.2) is 24.3 Å². The molecule has 0 spiro atoms. The molecule has 1 atom stereocenters. The van der Waals surface area contributed by atoms with Gasteiger partial charge in [0, 0.05) is 17.3 Å². The molecule has 0 radical (unpaired) electrons. The van der Waals surface area contributed by atoms with Crippen molar-refractivity contribution < 1.29 is 19.1 Å². The van der Waals surface area contributed by atoms with Crippen LogP contribution < -0.4 is 4.90 Å². The molecule has 1 aromatic carbocycles. The minimum atomic E-state index is -1.03. The SMILES string of the molecule is N#Cc1ccc(N2CC(OC(=O)Cl)OC2=O)cc1. The summed E-state index contributed by atoms with van der Waals surface area (Å²) >= 11 is 5.03. The van der Waals surface area contributed by atoms with Gasteiger partial charge in [-0.15, -0.1) is 0 Å². The van der Waals surface area contributed by atoms with Crippen molar-refractivity contribution in [1.82, 2.24) is 0 Å². The van der Waals surface area contributed by atoms with Gasteiger partial charge in [-0.1, -0.05) is 0 Å². The zero-order valence-corrected chi connectivity index (χ0v) is 9.76. The van der Waals surface area contributed by atoms with E-state index in [2.05, 4.69) is 4.74 Å². The molecule has 1 saturated heterocycles. The molecule has 2 rings (SSSR count). The summed E-state index contributed by atoms with van der Waals surface area (Å²) in [6.45, 7) is 0.0587. The maximum atomic E-state index is 11.5. The number of nitrogens with zero attached hydrogens (tertiary/aromatic N) is 2. The minimum Gasteiger partial charge on any atom is -0.411 e. The Morgan fingerprint density at radius 2 is 2.17 bits per heavy atom. The van der Waals surface area contributed by atoms with E-state index in [0.717, 1.165) is 0 Å². The fourth-order valence-corrected chi connectivity index (χ4v) is 1.63. The van der Waals surface area contributed by atoms with Gasteiger partial charge in [0.25, 0.3) is 6.29 Å². The second kappa shape index (κ2) is 4.94. The van der Waals surface area contributed by atoms with E-state index in [-0.39, 0.29) is 6.54 Å². The second-order valence-electron chi connectivity index (χ2n) is 3.44. The number of halogens is 1. The fraction of sp³-hybridized carbons (Fsp3) is 0.182. The average Bonchev–Trinajstić information content (AvgIpc) is 2.69. The molecule has 1 aromatic rings. The number of rotatable bonds is 2. The largest absolute Gasteiger partial charge is 0.417 e. The van der Waals surface area contributed by atoms with Gasteiger partial charge in [-0.05, 0) is 24.3 Å². The summed E-state index contributed by atoms with van der Waals surface area (Å²) in [6, 6.07) is 8.32. The first-order valence-corrected chi connectivity index (χ1v) is 5.32. The lowest BCUT2D eigenvalue weighted by Crippen LogP contribution is -2.25. The highest BCUT2D eigenvalue weighted by Crippen LogP contribution is 2.22. The van der Waals surface area contributed by atoms with E-state index in [9.17, 15) is 9.59 Å². The molecule has 0 aromatic heterocycles. The van der Waals surface area contributed by atoms with Crippen molar-refractivity contribution in [1.29, 1.82) is 5.26 Å². The van der Waals surface area contributed by atoms with Crippen molar-refractivity contribution in [3.63, 3.8) is 0 Å². The van der Waals surface area contributed by atoms with Crippen LogP contribution >= 0.6 is 11.6 Å². The number of hydrogen-bond acceptors (Lipinski definition) is 5. The summed E-state index contributed by atoms with van der Waals surface area (Å²) in [7, 11) is 0. The first-order valence-electron chi connectivity index (χ1n) is 4.94. The molecule has 1 fully saturated rings. The quantitative estimate of drug-likeness (QED) is 0.767. The van der Waals surface area contributed by atoms with Gasteiger partial charge in [-0.3, -0.25) is 4.90 Å². The molecule has 0 bridgehead atoms. The molecular weight excluding hydrogens is 260 g/mol. The highest BCUT2D eigenvalue weighted by atomic mass is 35.5. The Morgan fingerprint density at radius 1 is 1.50 bits per heavy atom. The third-order valence-electron chi connectivity index (χ3n) is 2.32. The summed E-state index contributed by atoms with van der Waals surface area (Å²) in [5, 5.41) is 8.66. The Hall–Kier alpha value is -2.26. The molecule has 0 saturated carbocycles. The van der Waals surface area contributed by atoms with Gasteiger partial charge in [0.05, 0.1) is 11.6 Å². The smallest absolute Gasteiger partial charge is 0.411 e. The van der Waals surface area contributed by atoms with Crippen molar-refractivity contribution >= 4 is 28.8 Å². The van der Waals surface area contributed by atoms with Gasteiger partial charge in [0.2, 0.25) is 0 Å². The number of amides is 1. The number of hydrogen-bond donors (Lipinski definition) is 0. The Labute approximate surface area is 107 Å². The van der Waals surface area contributed by atoms with E-state index in [1.54, 1.807) is 24.3 Å². The molecular formula is C11H7ClN2O4. The van der Waals surface area contributed by atoms with Crippen LogP contribution in [-0.4, -0.2) is 24.4 Å². The first-order chi connectivity index (χ1) is 8.60. The Bertz CT molecular complexity index is 523. The van der Waals surface area contributed by atoms with Gasteiger partial charge in [-0.25, -0.2) is 9.59 Å². The summed E-state index contributed by atoms with van der Waals surface area (Å²) in [6.07, 6.45) is -1.65. The molecule has 1 amide bonds. The van der Waals surface area contributed by atoms with Crippen molar-refractivity contribution in [2.75, 3.05) is 11.4 Å². The van der Waals surface area contributed by atoms with Crippen molar-refractivity contribution in [2.45, 2.75) is 6.29 Å². The van der Waals surface area contributed by atoms with Crippen LogP contribution in [0, 0.1) is 11.3 Å². The van der Waals surface area contributed by atoms with E-state index < -0.39 is 17.8 Å². The van der Waals surface area contributed by atoms with E-state index in [1.165, 1.54) is 4.90 Å². The number of benzene rings is 1. The highest BCUT2D eigenvalue weighted by molar-refractivity contribution is 6.61. The standard InChI is InChI=1S/C11H7ClN2O4/c12-10(15)17-9-6-14(11(16)18-9)8-3-1-7(5-13)2-4-8/h1-4,9H,6H2.